The molecular weight excluding hydrogens is 379 g/mol. The summed E-state index contributed by atoms with van der Waals surface area (Å²) in [6, 6.07) is 4.63. The highest BCUT2D eigenvalue weighted by molar-refractivity contribution is 14.1. The lowest BCUT2D eigenvalue weighted by Gasteiger charge is -1.98. The molecule has 0 atom stereocenters. The molecule has 0 amide bonds. The van der Waals surface area contributed by atoms with Gasteiger partial charge < -0.3 is 0 Å². The van der Waals surface area contributed by atoms with Crippen LogP contribution in [-0.4, -0.2) is 16.1 Å². The predicted octanol–water partition coefficient (Wildman–Crippen LogP) is 3.41. The van der Waals surface area contributed by atoms with E-state index >= 15 is 0 Å². The van der Waals surface area contributed by atoms with Crippen LogP contribution in [0.2, 0.25) is 0 Å². The highest BCUT2D eigenvalue weighted by Gasteiger charge is 2.07. The maximum Gasteiger partial charge on any atom is 0.270 e. The number of nitrogens with one attached hydrogen (secondary N) is 1. The molecule has 0 aliphatic heterocycles. The van der Waals surface area contributed by atoms with Crippen LogP contribution >= 0.6 is 33.9 Å². The SMILES string of the molecule is Cc1csc(NN=Cc2ccc([N+](=O)[O-])cc2I)n1. The van der Waals surface area contributed by atoms with E-state index in [0.717, 1.165) is 14.8 Å². The van der Waals surface area contributed by atoms with Crippen LogP contribution in [0.15, 0.2) is 28.7 Å². The molecule has 19 heavy (non-hydrogen) atoms. The quantitative estimate of drug-likeness (QED) is 0.377. The number of nitrogens with zero attached hydrogens (tertiary/aromatic N) is 3. The zero-order valence-corrected chi connectivity index (χ0v) is 12.8. The number of halogens is 1. The summed E-state index contributed by atoms with van der Waals surface area (Å²) in [5.74, 6) is 0. The smallest absolute Gasteiger partial charge is 0.258 e. The Bertz CT molecular complexity index is 641. The van der Waals surface area contributed by atoms with E-state index in [4.69, 9.17) is 0 Å². The first kappa shape index (κ1) is 13.9. The van der Waals surface area contributed by atoms with Crippen LogP contribution in [0.1, 0.15) is 11.3 Å². The molecule has 1 heterocycles. The van der Waals surface area contributed by atoms with Crippen molar-refractivity contribution < 1.29 is 4.92 Å². The molecule has 0 fully saturated rings. The van der Waals surface area contributed by atoms with Gasteiger partial charge in [-0.1, -0.05) is 0 Å². The Balaban J connectivity index is 2.08. The lowest BCUT2D eigenvalue weighted by atomic mass is 10.2. The van der Waals surface area contributed by atoms with E-state index in [1.165, 1.54) is 23.5 Å². The number of hydrazone groups is 1. The van der Waals surface area contributed by atoms with Gasteiger partial charge in [-0.2, -0.15) is 5.10 Å². The number of non-ortho nitro benzene ring substituents is 1. The Morgan fingerprint density at radius 2 is 2.37 bits per heavy atom. The van der Waals surface area contributed by atoms with Gasteiger partial charge in [-0.25, -0.2) is 4.98 Å². The number of rotatable bonds is 4. The van der Waals surface area contributed by atoms with Crippen molar-refractivity contribution in [1.29, 1.82) is 0 Å². The molecule has 0 saturated heterocycles. The number of nitro benzene ring substituents is 1. The Hall–Kier alpha value is -1.55. The van der Waals surface area contributed by atoms with Gasteiger partial charge in [-0.15, -0.1) is 11.3 Å². The van der Waals surface area contributed by atoms with Crippen LogP contribution in [0.5, 0.6) is 0 Å². The lowest BCUT2D eigenvalue weighted by Crippen LogP contribution is -1.94. The Labute approximate surface area is 126 Å². The number of anilines is 1. The molecule has 0 bridgehead atoms. The molecule has 0 radical (unpaired) electrons. The summed E-state index contributed by atoms with van der Waals surface area (Å²) in [4.78, 5) is 14.4. The summed E-state index contributed by atoms with van der Waals surface area (Å²) in [5, 5.41) is 17.3. The molecule has 8 heteroatoms. The average Bonchev–Trinajstić information content (AvgIpc) is 2.77. The van der Waals surface area contributed by atoms with E-state index in [9.17, 15) is 10.1 Å². The molecule has 0 unspecified atom stereocenters. The van der Waals surface area contributed by atoms with E-state index in [0.29, 0.717) is 5.13 Å². The van der Waals surface area contributed by atoms with Crippen LogP contribution in [0.25, 0.3) is 0 Å². The van der Waals surface area contributed by atoms with Gasteiger partial charge in [0.2, 0.25) is 5.13 Å². The number of benzene rings is 1. The fraction of sp³-hybridized carbons (Fsp3) is 0.0909. The first-order valence-corrected chi connectivity index (χ1v) is 7.17. The monoisotopic (exact) mass is 388 g/mol. The fourth-order valence-electron chi connectivity index (χ4n) is 1.30. The molecule has 1 aromatic carbocycles. The second-order valence-electron chi connectivity index (χ2n) is 3.63. The van der Waals surface area contributed by atoms with Crippen molar-refractivity contribution in [1.82, 2.24) is 4.98 Å². The number of thiazole rings is 1. The standard InChI is InChI=1S/C11H9IN4O2S/c1-7-6-19-11(14-7)15-13-5-8-2-3-9(16(17)18)4-10(8)12/h2-6H,1H3,(H,14,15). The summed E-state index contributed by atoms with van der Waals surface area (Å²) in [7, 11) is 0. The summed E-state index contributed by atoms with van der Waals surface area (Å²) in [6.07, 6.45) is 1.61. The molecule has 1 N–H and O–H groups in total. The highest BCUT2D eigenvalue weighted by atomic mass is 127. The van der Waals surface area contributed by atoms with Gasteiger partial charge >= 0.3 is 0 Å². The van der Waals surface area contributed by atoms with Gasteiger partial charge in [0.1, 0.15) is 0 Å². The summed E-state index contributed by atoms with van der Waals surface area (Å²) in [5.41, 5.74) is 4.64. The summed E-state index contributed by atoms with van der Waals surface area (Å²) in [6.45, 7) is 1.91. The van der Waals surface area contributed by atoms with Crippen molar-refractivity contribution in [3.63, 3.8) is 0 Å². The maximum atomic E-state index is 10.6. The van der Waals surface area contributed by atoms with Crippen LogP contribution < -0.4 is 5.43 Å². The Morgan fingerprint density at radius 3 is 2.95 bits per heavy atom. The van der Waals surface area contributed by atoms with Gasteiger partial charge in [0.15, 0.2) is 0 Å². The van der Waals surface area contributed by atoms with Crippen molar-refractivity contribution in [3.05, 3.63) is 48.5 Å². The molecule has 0 aliphatic carbocycles. The third kappa shape index (κ3) is 3.70. The summed E-state index contributed by atoms with van der Waals surface area (Å²) < 4.78 is 0.771. The lowest BCUT2D eigenvalue weighted by molar-refractivity contribution is -0.384. The van der Waals surface area contributed by atoms with Crippen molar-refractivity contribution in [2.45, 2.75) is 6.92 Å². The van der Waals surface area contributed by atoms with Crippen LogP contribution in [0.4, 0.5) is 10.8 Å². The molecule has 6 nitrogen and oxygen atoms in total. The number of aryl methyl sites for hydroxylation is 1. The van der Waals surface area contributed by atoms with E-state index in [1.54, 1.807) is 12.3 Å². The van der Waals surface area contributed by atoms with Crippen molar-refractivity contribution in [2.75, 3.05) is 5.43 Å². The summed E-state index contributed by atoms with van der Waals surface area (Å²) >= 11 is 3.51. The molecule has 0 aliphatic rings. The third-order valence-electron chi connectivity index (χ3n) is 2.18. The molecule has 2 aromatic rings. The van der Waals surface area contributed by atoms with Crippen LogP contribution in [0, 0.1) is 20.6 Å². The molecule has 0 spiro atoms. The highest BCUT2D eigenvalue weighted by Crippen LogP contribution is 2.19. The second kappa shape index (κ2) is 6.06. The average molecular weight is 388 g/mol. The van der Waals surface area contributed by atoms with Gasteiger partial charge in [0, 0.05) is 26.6 Å². The van der Waals surface area contributed by atoms with Crippen molar-refractivity contribution in [2.24, 2.45) is 5.10 Å². The largest absolute Gasteiger partial charge is 0.270 e. The Kier molecular flexibility index (Phi) is 4.43. The number of aromatic nitrogens is 1. The van der Waals surface area contributed by atoms with Crippen LogP contribution in [0.3, 0.4) is 0 Å². The predicted molar refractivity (Wildman–Crippen MR) is 83.9 cm³/mol. The van der Waals surface area contributed by atoms with Gasteiger partial charge in [-0.05, 0) is 35.6 Å². The minimum Gasteiger partial charge on any atom is -0.258 e. The first-order chi connectivity index (χ1) is 9.06. The van der Waals surface area contributed by atoms with Gasteiger partial charge in [-0.3, -0.25) is 15.5 Å². The topological polar surface area (TPSA) is 80.4 Å². The molecule has 2 rings (SSSR count). The van der Waals surface area contributed by atoms with Crippen molar-refractivity contribution in [3.8, 4) is 0 Å². The zero-order valence-electron chi connectivity index (χ0n) is 9.83. The normalized spacial score (nSPS) is 10.8. The van der Waals surface area contributed by atoms with E-state index in [1.807, 2.05) is 34.9 Å². The fourth-order valence-corrected chi connectivity index (χ4v) is 2.57. The molecule has 98 valence electrons. The van der Waals surface area contributed by atoms with Gasteiger partial charge in [0.05, 0.1) is 16.8 Å². The van der Waals surface area contributed by atoms with E-state index < -0.39 is 4.92 Å². The Morgan fingerprint density at radius 1 is 1.58 bits per heavy atom. The maximum absolute atomic E-state index is 10.6. The van der Waals surface area contributed by atoms with Crippen molar-refractivity contribution >= 4 is 51.0 Å². The van der Waals surface area contributed by atoms with E-state index in [-0.39, 0.29) is 5.69 Å². The van der Waals surface area contributed by atoms with E-state index in [2.05, 4.69) is 15.5 Å². The zero-order chi connectivity index (χ0) is 13.8. The second-order valence-corrected chi connectivity index (χ2v) is 5.65. The first-order valence-electron chi connectivity index (χ1n) is 5.21. The molecular formula is C11H9IN4O2S. The number of hydrogen-bond donors (Lipinski definition) is 1. The van der Waals surface area contributed by atoms with Gasteiger partial charge in [0.25, 0.3) is 5.69 Å². The minimum absolute atomic E-state index is 0.0741. The molecule has 0 saturated carbocycles. The third-order valence-corrected chi connectivity index (χ3v) is 3.98. The molecule has 1 aromatic heterocycles. The number of hydrogen-bond acceptors (Lipinski definition) is 6. The minimum atomic E-state index is -0.417. The van der Waals surface area contributed by atoms with Crippen LogP contribution in [-0.2, 0) is 0 Å². The number of nitro groups is 1.